The summed E-state index contributed by atoms with van der Waals surface area (Å²) in [4.78, 5) is 36.2. The van der Waals surface area contributed by atoms with E-state index in [4.69, 9.17) is 0 Å². The van der Waals surface area contributed by atoms with Gasteiger partial charge in [-0.1, -0.05) is 12.8 Å². The summed E-state index contributed by atoms with van der Waals surface area (Å²) in [6.07, 6.45) is 11.4. The van der Waals surface area contributed by atoms with Crippen LogP contribution in [0.4, 0.5) is 10.3 Å². The van der Waals surface area contributed by atoms with Gasteiger partial charge in [0.2, 0.25) is 11.8 Å². The zero-order valence-electron chi connectivity index (χ0n) is 16.4. The molecule has 2 heterocycles. The predicted molar refractivity (Wildman–Crippen MR) is 121 cm³/mol. The number of nitrogens with zero attached hydrogens (tertiary/aromatic N) is 2. The zero-order valence-corrected chi connectivity index (χ0v) is 18.9. The minimum Gasteiger partial charge on any atom is -0.301 e. The molecule has 2 aromatic heterocycles. The summed E-state index contributed by atoms with van der Waals surface area (Å²) in [6, 6.07) is 0. The standard InChI is InChI=1S/C20H26N4O2S3/c25-17(23-19-21-13-7-3-1-5-9-15(13)28-19)11-27-12-18(26)24-20-22-14-8-4-2-6-10-16(14)29-20/h1-12H2,(H,21,23,25)(H,22,24,26). The van der Waals surface area contributed by atoms with Crippen molar-refractivity contribution in [1.29, 1.82) is 0 Å². The second-order valence-electron chi connectivity index (χ2n) is 7.49. The molecule has 0 atom stereocenters. The van der Waals surface area contributed by atoms with E-state index in [9.17, 15) is 9.59 Å². The van der Waals surface area contributed by atoms with Crippen LogP contribution in [0, 0.1) is 0 Å². The molecule has 0 unspecified atom stereocenters. The van der Waals surface area contributed by atoms with Crippen molar-refractivity contribution in [3.8, 4) is 0 Å². The highest BCUT2D eigenvalue weighted by Crippen LogP contribution is 2.30. The lowest BCUT2D eigenvalue weighted by atomic mass is 10.2. The number of amides is 2. The highest BCUT2D eigenvalue weighted by molar-refractivity contribution is 8.00. The average Bonchev–Trinajstić information content (AvgIpc) is 3.07. The number of carbonyl (C=O) groups is 2. The van der Waals surface area contributed by atoms with Gasteiger partial charge in [0.1, 0.15) is 0 Å². The first-order valence-corrected chi connectivity index (χ1v) is 13.1. The van der Waals surface area contributed by atoms with Gasteiger partial charge in [-0.3, -0.25) is 9.59 Å². The largest absolute Gasteiger partial charge is 0.301 e. The van der Waals surface area contributed by atoms with Crippen molar-refractivity contribution in [1.82, 2.24) is 9.97 Å². The average molecular weight is 451 g/mol. The Morgan fingerprint density at radius 1 is 0.724 bits per heavy atom. The van der Waals surface area contributed by atoms with Gasteiger partial charge in [-0.25, -0.2) is 9.97 Å². The Balaban J connectivity index is 1.20. The number of hydrogen-bond donors (Lipinski definition) is 2. The number of aromatic nitrogens is 2. The van der Waals surface area contributed by atoms with Gasteiger partial charge in [-0.05, 0) is 51.4 Å². The fourth-order valence-corrected chi connectivity index (χ4v) is 6.46. The van der Waals surface area contributed by atoms with E-state index in [0.717, 1.165) is 37.1 Å². The number of aryl methyl sites for hydroxylation is 4. The third-order valence-electron chi connectivity index (χ3n) is 5.15. The van der Waals surface area contributed by atoms with E-state index in [-0.39, 0.29) is 23.3 Å². The van der Waals surface area contributed by atoms with Crippen LogP contribution < -0.4 is 10.6 Å². The molecule has 6 nitrogen and oxygen atoms in total. The second kappa shape index (κ2) is 10.0. The molecular formula is C20H26N4O2S3. The summed E-state index contributed by atoms with van der Waals surface area (Å²) < 4.78 is 0. The van der Waals surface area contributed by atoms with Crippen LogP contribution in [-0.4, -0.2) is 33.3 Å². The van der Waals surface area contributed by atoms with Crippen molar-refractivity contribution in [2.45, 2.75) is 64.2 Å². The monoisotopic (exact) mass is 450 g/mol. The Morgan fingerprint density at radius 2 is 1.17 bits per heavy atom. The molecule has 4 rings (SSSR count). The normalized spacial score (nSPS) is 16.3. The van der Waals surface area contributed by atoms with E-state index >= 15 is 0 Å². The number of nitrogens with one attached hydrogen (secondary N) is 2. The molecule has 2 aromatic rings. The summed E-state index contributed by atoms with van der Waals surface area (Å²) in [5, 5.41) is 7.16. The molecule has 0 radical (unpaired) electrons. The summed E-state index contributed by atoms with van der Waals surface area (Å²) in [7, 11) is 0. The fourth-order valence-electron chi connectivity index (χ4n) is 3.71. The molecule has 2 amide bonds. The van der Waals surface area contributed by atoms with Gasteiger partial charge in [0.25, 0.3) is 0 Å². The summed E-state index contributed by atoms with van der Waals surface area (Å²) in [6.45, 7) is 0. The lowest BCUT2D eigenvalue weighted by Crippen LogP contribution is -2.18. The highest BCUT2D eigenvalue weighted by atomic mass is 32.2. The van der Waals surface area contributed by atoms with Gasteiger partial charge in [0.05, 0.1) is 22.9 Å². The van der Waals surface area contributed by atoms with E-state index in [0.29, 0.717) is 10.3 Å². The van der Waals surface area contributed by atoms with Gasteiger partial charge in [0, 0.05) is 9.75 Å². The van der Waals surface area contributed by atoms with Crippen LogP contribution in [0.5, 0.6) is 0 Å². The Hall–Kier alpha value is -1.45. The Bertz CT molecular complexity index is 760. The van der Waals surface area contributed by atoms with Crippen LogP contribution >= 0.6 is 34.4 Å². The predicted octanol–water partition coefficient (Wildman–Crippen LogP) is 4.45. The Labute approximate surface area is 183 Å². The topological polar surface area (TPSA) is 84.0 Å². The molecule has 0 fully saturated rings. The van der Waals surface area contributed by atoms with Gasteiger partial charge in [-0.15, -0.1) is 34.4 Å². The van der Waals surface area contributed by atoms with E-state index in [1.807, 2.05) is 0 Å². The number of rotatable bonds is 6. The van der Waals surface area contributed by atoms with Crippen molar-refractivity contribution >= 4 is 56.5 Å². The minimum atomic E-state index is -0.104. The molecule has 156 valence electrons. The number of fused-ring (bicyclic) bond motifs is 2. The lowest BCUT2D eigenvalue weighted by molar-refractivity contribution is -0.114. The SMILES string of the molecule is O=C(CSCC(=O)Nc1nc2c(s1)CCCCC2)Nc1nc2c(s1)CCCCC2. The van der Waals surface area contributed by atoms with Crippen molar-refractivity contribution < 1.29 is 9.59 Å². The molecule has 2 N–H and O–H groups in total. The van der Waals surface area contributed by atoms with Crippen molar-refractivity contribution in [3.63, 3.8) is 0 Å². The third kappa shape index (κ3) is 5.79. The molecule has 0 saturated heterocycles. The molecule has 2 aliphatic rings. The van der Waals surface area contributed by atoms with E-state index in [1.54, 1.807) is 22.7 Å². The molecule has 9 heteroatoms. The number of hydrogen-bond acceptors (Lipinski definition) is 7. The van der Waals surface area contributed by atoms with E-state index in [1.165, 1.54) is 60.0 Å². The smallest absolute Gasteiger partial charge is 0.236 e. The van der Waals surface area contributed by atoms with Gasteiger partial charge in [0.15, 0.2) is 10.3 Å². The first kappa shape index (κ1) is 20.8. The molecule has 0 saturated carbocycles. The summed E-state index contributed by atoms with van der Waals surface area (Å²) in [5.74, 6) is 0.276. The van der Waals surface area contributed by atoms with Gasteiger partial charge >= 0.3 is 0 Å². The first-order chi connectivity index (χ1) is 14.2. The maximum absolute atomic E-state index is 12.2. The minimum absolute atomic E-state index is 0.104. The van der Waals surface area contributed by atoms with Gasteiger partial charge in [-0.2, -0.15) is 0 Å². The van der Waals surface area contributed by atoms with E-state index in [2.05, 4.69) is 20.6 Å². The van der Waals surface area contributed by atoms with Crippen molar-refractivity contribution in [2.24, 2.45) is 0 Å². The Kier molecular flexibility index (Phi) is 7.20. The van der Waals surface area contributed by atoms with E-state index < -0.39 is 0 Å². The van der Waals surface area contributed by atoms with Crippen molar-refractivity contribution in [2.75, 3.05) is 22.1 Å². The summed E-state index contributed by atoms with van der Waals surface area (Å²) in [5.41, 5.74) is 2.30. The number of thiazole rings is 2. The second-order valence-corrected chi connectivity index (χ2v) is 10.6. The molecule has 29 heavy (non-hydrogen) atoms. The van der Waals surface area contributed by atoms with Crippen molar-refractivity contribution in [3.05, 3.63) is 21.1 Å². The first-order valence-electron chi connectivity index (χ1n) is 10.3. The molecule has 0 aromatic carbocycles. The maximum Gasteiger partial charge on any atom is 0.236 e. The molecule has 0 aliphatic heterocycles. The number of carbonyl (C=O) groups excluding carboxylic acids is 2. The number of thioether (sulfide) groups is 1. The van der Waals surface area contributed by atoms with Crippen LogP contribution in [-0.2, 0) is 35.3 Å². The van der Waals surface area contributed by atoms with Gasteiger partial charge < -0.3 is 10.6 Å². The van der Waals surface area contributed by atoms with Crippen LogP contribution in [0.2, 0.25) is 0 Å². The zero-order chi connectivity index (χ0) is 20.1. The molecule has 0 spiro atoms. The summed E-state index contributed by atoms with van der Waals surface area (Å²) >= 11 is 4.50. The molecule has 2 aliphatic carbocycles. The quantitative estimate of drug-likeness (QED) is 0.635. The highest BCUT2D eigenvalue weighted by Gasteiger charge is 2.17. The molecule has 0 bridgehead atoms. The fraction of sp³-hybridized carbons (Fsp3) is 0.600. The molecular weight excluding hydrogens is 424 g/mol. The number of anilines is 2. The lowest BCUT2D eigenvalue weighted by Gasteiger charge is -2.03. The third-order valence-corrected chi connectivity index (χ3v) is 8.23. The van der Waals surface area contributed by atoms with Crippen LogP contribution in [0.15, 0.2) is 0 Å². The van der Waals surface area contributed by atoms with Crippen LogP contribution in [0.1, 0.15) is 59.7 Å². The Morgan fingerprint density at radius 3 is 1.66 bits per heavy atom. The van der Waals surface area contributed by atoms with Crippen LogP contribution in [0.25, 0.3) is 0 Å². The maximum atomic E-state index is 12.2. The van der Waals surface area contributed by atoms with Crippen LogP contribution in [0.3, 0.4) is 0 Å².